The van der Waals surface area contributed by atoms with Crippen molar-refractivity contribution in [3.05, 3.63) is 83.4 Å². The zero-order valence-corrected chi connectivity index (χ0v) is 16.2. The largest absolute Gasteiger partial charge is 0.416 e. The number of nitrogens with one attached hydrogen (secondary N) is 1. The fourth-order valence-corrected chi connectivity index (χ4v) is 3.07. The minimum absolute atomic E-state index is 0.182. The molecule has 3 rings (SSSR count). The van der Waals surface area contributed by atoms with Crippen molar-refractivity contribution in [3.8, 4) is 0 Å². The van der Waals surface area contributed by atoms with E-state index >= 15 is 0 Å². The van der Waals surface area contributed by atoms with Crippen LogP contribution in [0.4, 0.5) is 18.9 Å². The number of hydrogen-bond donors (Lipinski definition) is 1. The van der Waals surface area contributed by atoms with Crippen molar-refractivity contribution >= 4 is 11.6 Å². The van der Waals surface area contributed by atoms with Crippen LogP contribution in [0.25, 0.3) is 0 Å². The molecule has 2 aromatic carbocycles. The number of rotatable bonds is 6. The molecule has 29 heavy (non-hydrogen) atoms. The Morgan fingerprint density at radius 2 is 1.76 bits per heavy atom. The number of alkyl halides is 3. The molecule has 0 spiro atoms. The Morgan fingerprint density at radius 1 is 1.10 bits per heavy atom. The Balaban J connectivity index is 1.55. The van der Waals surface area contributed by atoms with E-state index in [1.165, 1.54) is 12.1 Å². The molecule has 1 N–H and O–H groups in total. The van der Waals surface area contributed by atoms with Crippen molar-refractivity contribution in [2.24, 2.45) is 0 Å². The molecule has 0 saturated heterocycles. The van der Waals surface area contributed by atoms with Crippen molar-refractivity contribution in [2.45, 2.75) is 38.9 Å². The zero-order chi connectivity index (χ0) is 21.0. The van der Waals surface area contributed by atoms with Gasteiger partial charge in [-0.2, -0.15) is 13.2 Å². The number of aryl methyl sites for hydroxylation is 1. The highest BCUT2D eigenvalue weighted by molar-refractivity contribution is 5.91. The van der Waals surface area contributed by atoms with Gasteiger partial charge in [0, 0.05) is 31.0 Å². The molecule has 0 bridgehead atoms. The fraction of sp³-hybridized carbons (Fsp3) is 0.273. The second-order valence-electron chi connectivity index (χ2n) is 7.07. The second-order valence-corrected chi connectivity index (χ2v) is 7.07. The van der Waals surface area contributed by atoms with Gasteiger partial charge < -0.3 is 9.88 Å². The molecular weight excluding hydrogens is 379 g/mol. The Hall–Kier alpha value is -3.09. The summed E-state index contributed by atoms with van der Waals surface area (Å²) < 4.78 is 40.0. The summed E-state index contributed by atoms with van der Waals surface area (Å²) in [5.74, 6) is 0.552. The average Bonchev–Trinajstić information content (AvgIpc) is 3.07. The molecule has 1 amide bonds. The Morgan fingerprint density at radius 3 is 2.31 bits per heavy atom. The zero-order valence-electron chi connectivity index (χ0n) is 16.2. The number of hydrogen-bond acceptors (Lipinski definition) is 2. The van der Waals surface area contributed by atoms with Gasteiger partial charge in [-0.1, -0.05) is 31.2 Å². The van der Waals surface area contributed by atoms with Crippen LogP contribution in [-0.2, 0) is 17.5 Å². The summed E-state index contributed by atoms with van der Waals surface area (Å²) in [6.45, 7) is 4.45. The number of imidazole rings is 1. The predicted molar refractivity (Wildman–Crippen MR) is 106 cm³/mol. The molecule has 152 valence electrons. The van der Waals surface area contributed by atoms with Gasteiger partial charge in [0.2, 0.25) is 5.91 Å². The van der Waals surface area contributed by atoms with Crippen LogP contribution >= 0.6 is 0 Å². The van der Waals surface area contributed by atoms with Crippen LogP contribution in [0.3, 0.4) is 0 Å². The normalized spacial score (nSPS) is 12.6. The first-order chi connectivity index (χ1) is 13.7. The summed E-state index contributed by atoms with van der Waals surface area (Å²) in [5, 5.41) is 2.84. The highest BCUT2D eigenvalue weighted by Crippen LogP contribution is 2.30. The van der Waals surface area contributed by atoms with E-state index in [-0.39, 0.29) is 18.2 Å². The van der Waals surface area contributed by atoms with Crippen LogP contribution in [0.2, 0.25) is 0 Å². The monoisotopic (exact) mass is 401 g/mol. The third kappa shape index (κ3) is 5.47. The molecule has 1 heterocycles. The van der Waals surface area contributed by atoms with Gasteiger partial charge in [-0.05, 0) is 48.2 Å². The first kappa shape index (κ1) is 20.6. The van der Waals surface area contributed by atoms with Crippen LogP contribution in [0, 0.1) is 6.92 Å². The van der Waals surface area contributed by atoms with Crippen molar-refractivity contribution < 1.29 is 18.0 Å². The molecule has 0 aliphatic carbocycles. The van der Waals surface area contributed by atoms with E-state index in [0.29, 0.717) is 17.8 Å². The Bertz CT molecular complexity index is 960. The highest BCUT2D eigenvalue weighted by Gasteiger charge is 2.30. The molecule has 4 nitrogen and oxygen atoms in total. The third-order valence-corrected chi connectivity index (χ3v) is 4.81. The molecule has 1 unspecified atom stereocenters. The summed E-state index contributed by atoms with van der Waals surface area (Å²) in [7, 11) is 0. The lowest BCUT2D eigenvalue weighted by molar-refractivity contribution is -0.137. The van der Waals surface area contributed by atoms with Crippen molar-refractivity contribution in [3.63, 3.8) is 0 Å². The lowest BCUT2D eigenvalue weighted by Gasteiger charge is -2.14. The topological polar surface area (TPSA) is 46.9 Å². The quantitative estimate of drug-likeness (QED) is 0.602. The van der Waals surface area contributed by atoms with Crippen molar-refractivity contribution in [1.29, 1.82) is 0 Å². The standard InChI is InChI=1S/C22H22F3N3O/c1-15(18-5-7-19(8-6-18)22(23,24)25)13-21(29)27-20-9-3-17(4-10-20)14-28-12-11-26-16(28)2/h3-12,15H,13-14H2,1-2H3,(H,27,29). The van der Waals surface area contributed by atoms with Gasteiger partial charge in [-0.3, -0.25) is 4.79 Å². The molecule has 0 aliphatic heterocycles. The van der Waals surface area contributed by atoms with Crippen molar-refractivity contribution in [1.82, 2.24) is 9.55 Å². The number of benzene rings is 2. The maximum Gasteiger partial charge on any atom is 0.416 e. The molecule has 1 aromatic heterocycles. The molecule has 3 aromatic rings. The fourth-order valence-electron chi connectivity index (χ4n) is 3.07. The van der Waals surface area contributed by atoms with Crippen molar-refractivity contribution in [2.75, 3.05) is 5.32 Å². The smallest absolute Gasteiger partial charge is 0.331 e. The molecule has 0 fully saturated rings. The van der Waals surface area contributed by atoms with E-state index < -0.39 is 11.7 Å². The summed E-state index contributed by atoms with van der Waals surface area (Å²) in [4.78, 5) is 16.5. The van der Waals surface area contributed by atoms with Gasteiger partial charge in [0.1, 0.15) is 5.82 Å². The van der Waals surface area contributed by atoms with E-state index in [4.69, 9.17) is 0 Å². The first-order valence-electron chi connectivity index (χ1n) is 9.26. The van der Waals surface area contributed by atoms with E-state index in [0.717, 1.165) is 23.5 Å². The van der Waals surface area contributed by atoms with E-state index in [2.05, 4.69) is 10.3 Å². The number of carbonyl (C=O) groups is 1. The first-order valence-corrected chi connectivity index (χ1v) is 9.26. The number of anilines is 1. The van der Waals surface area contributed by atoms with Crippen LogP contribution in [0.15, 0.2) is 60.9 Å². The maximum absolute atomic E-state index is 12.7. The number of aromatic nitrogens is 2. The summed E-state index contributed by atoms with van der Waals surface area (Å²) in [6.07, 6.45) is -0.515. The average molecular weight is 401 g/mol. The number of amides is 1. The number of carbonyl (C=O) groups excluding carboxylic acids is 1. The third-order valence-electron chi connectivity index (χ3n) is 4.81. The Labute approximate surface area is 167 Å². The number of nitrogens with zero attached hydrogens (tertiary/aromatic N) is 2. The second kappa shape index (κ2) is 8.51. The minimum Gasteiger partial charge on any atom is -0.331 e. The van der Waals surface area contributed by atoms with Gasteiger partial charge >= 0.3 is 6.18 Å². The van der Waals surface area contributed by atoms with Gasteiger partial charge in [0.25, 0.3) is 0 Å². The van der Waals surface area contributed by atoms with E-state index in [9.17, 15) is 18.0 Å². The Kier molecular flexibility index (Phi) is 6.06. The predicted octanol–water partition coefficient (Wildman–Crippen LogP) is 5.39. The molecule has 0 radical (unpaired) electrons. The van der Waals surface area contributed by atoms with Gasteiger partial charge in [0.15, 0.2) is 0 Å². The van der Waals surface area contributed by atoms with Crippen LogP contribution in [0.5, 0.6) is 0 Å². The van der Waals surface area contributed by atoms with Gasteiger partial charge in [-0.25, -0.2) is 4.98 Å². The molecular formula is C22H22F3N3O. The van der Waals surface area contributed by atoms with E-state index in [1.807, 2.05) is 48.9 Å². The van der Waals surface area contributed by atoms with Crippen LogP contribution < -0.4 is 5.32 Å². The molecule has 0 aliphatic rings. The SMILES string of the molecule is Cc1nccn1Cc1ccc(NC(=O)CC(C)c2ccc(C(F)(F)F)cc2)cc1. The van der Waals surface area contributed by atoms with Crippen LogP contribution in [0.1, 0.15) is 41.8 Å². The minimum atomic E-state index is -4.36. The molecule has 0 saturated carbocycles. The van der Waals surface area contributed by atoms with Gasteiger partial charge in [0.05, 0.1) is 5.56 Å². The highest BCUT2D eigenvalue weighted by atomic mass is 19.4. The molecule has 1 atom stereocenters. The van der Waals surface area contributed by atoms with E-state index in [1.54, 1.807) is 6.20 Å². The summed E-state index contributed by atoms with van der Waals surface area (Å²) >= 11 is 0. The molecule has 7 heteroatoms. The lowest BCUT2D eigenvalue weighted by atomic mass is 9.96. The van der Waals surface area contributed by atoms with Crippen LogP contribution in [-0.4, -0.2) is 15.5 Å². The summed E-state index contributed by atoms with van der Waals surface area (Å²) in [5.41, 5.74) is 1.77. The van der Waals surface area contributed by atoms with Gasteiger partial charge in [-0.15, -0.1) is 0 Å². The summed E-state index contributed by atoms with van der Waals surface area (Å²) in [6, 6.07) is 12.5. The lowest BCUT2D eigenvalue weighted by Crippen LogP contribution is -2.14. The maximum atomic E-state index is 12.7. The number of halogens is 3.